The highest BCUT2D eigenvalue weighted by Gasteiger charge is 2.42. The zero-order valence-corrected chi connectivity index (χ0v) is 11.5. The van der Waals surface area contributed by atoms with Crippen molar-refractivity contribution < 1.29 is 4.74 Å². The van der Waals surface area contributed by atoms with Gasteiger partial charge in [-0.15, -0.1) is 0 Å². The van der Waals surface area contributed by atoms with Gasteiger partial charge < -0.3 is 10.1 Å². The standard InChI is InChI=1S/C15H27NO/c1-10-9-15(2,3)7-6-12(10)16-13-8-11-4-5-14(13)17-11/h10-14,16H,4-9H2,1-3H3. The van der Waals surface area contributed by atoms with E-state index in [0.29, 0.717) is 23.7 Å². The first-order valence-corrected chi connectivity index (χ1v) is 7.45. The molecule has 0 aromatic heterocycles. The lowest BCUT2D eigenvalue weighted by molar-refractivity contribution is 0.0878. The van der Waals surface area contributed by atoms with Gasteiger partial charge >= 0.3 is 0 Å². The Balaban J connectivity index is 1.56. The van der Waals surface area contributed by atoms with Crippen LogP contribution in [0.4, 0.5) is 0 Å². The first kappa shape index (κ1) is 12.0. The van der Waals surface area contributed by atoms with Crippen LogP contribution in [0.25, 0.3) is 0 Å². The van der Waals surface area contributed by atoms with Crippen molar-refractivity contribution >= 4 is 0 Å². The Hall–Kier alpha value is -0.0800. The Morgan fingerprint density at radius 3 is 2.53 bits per heavy atom. The molecule has 0 spiro atoms. The van der Waals surface area contributed by atoms with Gasteiger partial charge in [0.05, 0.1) is 12.2 Å². The van der Waals surface area contributed by atoms with Crippen LogP contribution in [0.5, 0.6) is 0 Å². The maximum absolute atomic E-state index is 5.94. The van der Waals surface area contributed by atoms with Crippen LogP contribution >= 0.6 is 0 Å². The highest BCUT2D eigenvalue weighted by Crippen LogP contribution is 2.40. The number of fused-ring (bicyclic) bond motifs is 2. The topological polar surface area (TPSA) is 21.3 Å². The number of nitrogens with one attached hydrogen (secondary N) is 1. The van der Waals surface area contributed by atoms with Gasteiger partial charge in [0.2, 0.25) is 0 Å². The maximum atomic E-state index is 5.94. The summed E-state index contributed by atoms with van der Waals surface area (Å²) in [4.78, 5) is 0. The van der Waals surface area contributed by atoms with E-state index in [-0.39, 0.29) is 0 Å². The molecule has 0 radical (unpaired) electrons. The Bertz CT molecular complexity index is 289. The van der Waals surface area contributed by atoms with E-state index in [0.717, 1.165) is 12.0 Å². The molecule has 5 atom stereocenters. The molecular formula is C15H27NO. The molecule has 3 fully saturated rings. The molecule has 2 nitrogen and oxygen atoms in total. The first-order chi connectivity index (χ1) is 8.03. The third kappa shape index (κ3) is 2.39. The third-order valence-corrected chi connectivity index (χ3v) is 5.23. The summed E-state index contributed by atoms with van der Waals surface area (Å²) in [6.07, 6.45) is 9.04. The highest BCUT2D eigenvalue weighted by molar-refractivity contribution is 4.97. The summed E-state index contributed by atoms with van der Waals surface area (Å²) in [5, 5.41) is 3.91. The second-order valence-electron chi connectivity index (χ2n) is 7.37. The molecule has 3 rings (SSSR count). The summed E-state index contributed by atoms with van der Waals surface area (Å²) >= 11 is 0. The van der Waals surface area contributed by atoms with E-state index in [1.165, 1.54) is 38.5 Å². The number of hydrogen-bond acceptors (Lipinski definition) is 2. The predicted molar refractivity (Wildman–Crippen MR) is 70.0 cm³/mol. The number of rotatable bonds is 2. The fourth-order valence-electron chi connectivity index (χ4n) is 4.28. The summed E-state index contributed by atoms with van der Waals surface area (Å²) in [5.41, 5.74) is 0.558. The van der Waals surface area contributed by atoms with E-state index < -0.39 is 0 Å². The zero-order chi connectivity index (χ0) is 12.0. The van der Waals surface area contributed by atoms with Gasteiger partial charge in [-0.05, 0) is 49.9 Å². The molecule has 2 aliphatic heterocycles. The summed E-state index contributed by atoms with van der Waals surface area (Å²) in [5.74, 6) is 0.817. The molecule has 2 heteroatoms. The maximum Gasteiger partial charge on any atom is 0.0733 e. The number of hydrogen-bond donors (Lipinski definition) is 1. The van der Waals surface area contributed by atoms with Gasteiger partial charge in [0.25, 0.3) is 0 Å². The molecule has 1 N–H and O–H groups in total. The quantitative estimate of drug-likeness (QED) is 0.797. The van der Waals surface area contributed by atoms with Crippen molar-refractivity contribution in [3.63, 3.8) is 0 Å². The van der Waals surface area contributed by atoms with Crippen LogP contribution < -0.4 is 5.32 Å². The lowest BCUT2D eigenvalue weighted by atomic mass is 9.70. The van der Waals surface area contributed by atoms with E-state index in [2.05, 4.69) is 26.1 Å². The molecule has 98 valence electrons. The van der Waals surface area contributed by atoms with Gasteiger partial charge in [-0.2, -0.15) is 0 Å². The Morgan fingerprint density at radius 2 is 1.94 bits per heavy atom. The van der Waals surface area contributed by atoms with Gasteiger partial charge in [-0.3, -0.25) is 0 Å². The van der Waals surface area contributed by atoms with E-state index in [1.807, 2.05) is 0 Å². The lowest BCUT2D eigenvalue weighted by Gasteiger charge is -2.41. The molecule has 3 aliphatic rings. The van der Waals surface area contributed by atoms with Crippen LogP contribution in [-0.2, 0) is 4.74 Å². The fraction of sp³-hybridized carbons (Fsp3) is 1.00. The van der Waals surface area contributed by atoms with E-state index in [4.69, 9.17) is 4.74 Å². The SMILES string of the molecule is CC1CC(C)(C)CCC1NC1CC2CCC1O2. The summed E-state index contributed by atoms with van der Waals surface area (Å²) in [6.45, 7) is 7.26. The summed E-state index contributed by atoms with van der Waals surface area (Å²) in [6, 6.07) is 1.39. The van der Waals surface area contributed by atoms with Crippen LogP contribution in [0.2, 0.25) is 0 Å². The molecular weight excluding hydrogens is 210 g/mol. The normalized spacial score (nSPS) is 48.5. The Kier molecular flexibility index (Phi) is 2.99. The fourth-order valence-corrected chi connectivity index (χ4v) is 4.28. The minimum atomic E-state index is 0.530. The molecule has 1 saturated carbocycles. The second kappa shape index (κ2) is 4.24. The highest BCUT2D eigenvalue weighted by atomic mass is 16.5. The minimum Gasteiger partial charge on any atom is -0.373 e. The van der Waals surface area contributed by atoms with Crippen LogP contribution in [0.3, 0.4) is 0 Å². The average Bonchev–Trinajstić information content (AvgIpc) is 2.83. The average molecular weight is 237 g/mol. The predicted octanol–water partition coefficient (Wildman–Crippen LogP) is 3.11. The van der Waals surface area contributed by atoms with Gasteiger partial charge in [0.15, 0.2) is 0 Å². The smallest absolute Gasteiger partial charge is 0.0733 e. The molecule has 0 amide bonds. The second-order valence-corrected chi connectivity index (χ2v) is 7.37. The zero-order valence-electron chi connectivity index (χ0n) is 11.5. The molecule has 0 aromatic carbocycles. The lowest BCUT2D eigenvalue weighted by Crippen LogP contribution is -2.49. The van der Waals surface area contributed by atoms with E-state index >= 15 is 0 Å². The summed E-state index contributed by atoms with van der Waals surface area (Å²) < 4.78 is 5.94. The van der Waals surface area contributed by atoms with Crippen LogP contribution in [-0.4, -0.2) is 24.3 Å². The van der Waals surface area contributed by atoms with E-state index in [9.17, 15) is 0 Å². The van der Waals surface area contributed by atoms with Crippen molar-refractivity contribution in [3.05, 3.63) is 0 Å². The molecule has 0 aromatic rings. The molecule has 5 unspecified atom stereocenters. The molecule has 2 heterocycles. The largest absolute Gasteiger partial charge is 0.373 e. The van der Waals surface area contributed by atoms with Crippen molar-refractivity contribution in [1.82, 2.24) is 5.32 Å². The van der Waals surface area contributed by atoms with Crippen LogP contribution in [0.1, 0.15) is 59.3 Å². The van der Waals surface area contributed by atoms with Gasteiger partial charge in [-0.25, -0.2) is 0 Å². The monoisotopic (exact) mass is 237 g/mol. The van der Waals surface area contributed by atoms with Gasteiger partial charge in [0.1, 0.15) is 0 Å². The van der Waals surface area contributed by atoms with Crippen LogP contribution in [0.15, 0.2) is 0 Å². The van der Waals surface area contributed by atoms with Gasteiger partial charge in [-0.1, -0.05) is 20.8 Å². The van der Waals surface area contributed by atoms with Crippen molar-refractivity contribution in [3.8, 4) is 0 Å². The molecule has 2 bridgehead atoms. The van der Waals surface area contributed by atoms with Crippen molar-refractivity contribution in [2.24, 2.45) is 11.3 Å². The first-order valence-electron chi connectivity index (χ1n) is 7.45. The molecule has 1 aliphatic carbocycles. The van der Waals surface area contributed by atoms with E-state index in [1.54, 1.807) is 0 Å². The number of ether oxygens (including phenoxy) is 1. The molecule has 2 saturated heterocycles. The molecule has 17 heavy (non-hydrogen) atoms. The Labute approximate surface area is 105 Å². The van der Waals surface area contributed by atoms with Crippen molar-refractivity contribution in [2.45, 2.75) is 83.6 Å². The van der Waals surface area contributed by atoms with Crippen molar-refractivity contribution in [1.29, 1.82) is 0 Å². The van der Waals surface area contributed by atoms with Crippen molar-refractivity contribution in [2.75, 3.05) is 0 Å². The van der Waals surface area contributed by atoms with Crippen LogP contribution in [0, 0.1) is 11.3 Å². The Morgan fingerprint density at radius 1 is 1.12 bits per heavy atom. The third-order valence-electron chi connectivity index (χ3n) is 5.23. The van der Waals surface area contributed by atoms with Gasteiger partial charge in [0, 0.05) is 12.1 Å². The minimum absolute atomic E-state index is 0.530. The summed E-state index contributed by atoms with van der Waals surface area (Å²) in [7, 11) is 0.